The first-order valence-electron chi connectivity index (χ1n) is 17.7. The molecule has 0 saturated carbocycles. The average Bonchev–Trinajstić information content (AvgIpc) is 3.11. The second kappa shape index (κ2) is 11.8. The highest BCUT2D eigenvalue weighted by molar-refractivity contribution is 6.18. The maximum absolute atomic E-state index is 2.47. The SMILES string of the molecule is CC(C)(C)c1ccc(N(c2ccc(C(C)(C)C)cc2)c2cc3cc(-c4ccc5ccccc5c4)c4c(c3c3ccccc23)C=CCC4)cc1. The van der Waals surface area contributed by atoms with E-state index in [9.17, 15) is 0 Å². The van der Waals surface area contributed by atoms with Gasteiger partial charge in [-0.05, 0) is 126 Å². The largest absolute Gasteiger partial charge is 0.310 e. The molecule has 0 aliphatic heterocycles. The Morgan fingerprint density at radius 1 is 0.531 bits per heavy atom. The number of hydrogen-bond donors (Lipinski definition) is 0. The Bertz CT molecular complexity index is 2320. The van der Waals surface area contributed by atoms with E-state index in [0.717, 1.165) is 24.2 Å². The number of hydrogen-bond acceptors (Lipinski definition) is 1. The quantitative estimate of drug-likeness (QED) is 0.174. The predicted molar refractivity (Wildman–Crippen MR) is 214 cm³/mol. The van der Waals surface area contributed by atoms with Gasteiger partial charge in [-0.1, -0.05) is 139 Å². The Balaban J connectivity index is 1.41. The normalized spacial score (nSPS) is 13.3. The van der Waals surface area contributed by atoms with Gasteiger partial charge >= 0.3 is 0 Å². The minimum Gasteiger partial charge on any atom is -0.310 e. The first-order chi connectivity index (χ1) is 23.6. The van der Waals surface area contributed by atoms with Crippen LogP contribution in [-0.2, 0) is 17.3 Å². The summed E-state index contributed by atoms with van der Waals surface area (Å²) in [4.78, 5) is 2.46. The van der Waals surface area contributed by atoms with E-state index < -0.39 is 0 Å². The molecule has 7 aromatic carbocycles. The van der Waals surface area contributed by atoms with E-state index >= 15 is 0 Å². The molecule has 0 bridgehead atoms. The van der Waals surface area contributed by atoms with Gasteiger partial charge in [-0.15, -0.1) is 0 Å². The molecule has 0 radical (unpaired) electrons. The van der Waals surface area contributed by atoms with E-state index in [1.54, 1.807) is 0 Å². The molecule has 0 aromatic heterocycles. The van der Waals surface area contributed by atoms with Gasteiger partial charge < -0.3 is 4.90 Å². The fourth-order valence-electron chi connectivity index (χ4n) is 7.66. The number of fused-ring (bicyclic) bond motifs is 6. The highest BCUT2D eigenvalue weighted by atomic mass is 15.1. The van der Waals surface area contributed by atoms with Crippen LogP contribution in [0.2, 0.25) is 0 Å². The fourth-order valence-corrected chi connectivity index (χ4v) is 7.66. The summed E-state index contributed by atoms with van der Waals surface area (Å²) in [6, 6.07) is 48.0. The fraction of sp³-hybridized carbons (Fsp3) is 0.208. The Labute approximate surface area is 291 Å². The van der Waals surface area contributed by atoms with Crippen LogP contribution in [0, 0.1) is 0 Å². The lowest BCUT2D eigenvalue weighted by Gasteiger charge is -2.30. The summed E-state index contributed by atoms with van der Waals surface area (Å²) in [5.41, 5.74) is 11.8. The zero-order valence-electron chi connectivity index (χ0n) is 29.6. The maximum atomic E-state index is 2.47. The third-order valence-corrected chi connectivity index (χ3v) is 10.4. The average molecular weight is 636 g/mol. The van der Waals surface area contributed by atoms with Crippen molar-refractivity contribution in [3.05, 3.63) is 156 Å². The first-order valence-corrected chi connectivity index (χ1v) is 17.7. The smallest absolute Gasteiger partial charge is 0.0546 e. The molecule has 0 amide bonds. The summed E-state index contributed by atoms with van der Waals surface area (Å²) in [6.07, 6.45) is 6.85. The molecular formula is C48H45N. The molecule has 0 spiro atoms. The number of allylic oxidation sites excluding steroid dienone is 1. The molecule has 1 nitrogen and oxygen atoms in total. The van der Waals surface area contributed by atoms with Crippen molar-refractivity contribution >= 4 is 55.5 Å². The van der Waals surface area contributed by atoms with Crippen LogP contribution in [-0.4, -0.2) is 0 Å². The second-order valence-electron chi connectivity index (χ2n) is 15.8. The summed E-state index contributed by atoms with van der Waals surface area (Å²) >= 11 is 0. The third-order valence-electron chi connectivity index (χ3n) is 10.4. The number of anilines is 3. The van der Waals surface area contributed by atoms with E-state index in [1.165, 1.54) is 71.4 Å². The van der Waals surface area contributed by atoms with E-state index in [0.29, 0.717) is 0 Å². The lowest BCUT2D eigenvalue weighted by Crippen LogP contribution is -2.14. The second-order valence-corrected chi connectivity index (χ2v) is 15.8. The molecule has 0 heterocycles. The molecule has 0 fully saturated rings. The lowest BCUT2D eigenvalue weighted by atomic mass is 9.83. The highest BCUT2D eigenvalue weighted by Crippen LogP contribution is 2.46. The molecule has 1 heteroatoms. The third kappa shape index (κ3) is 5.62. The Hall–Kier alpha value is -5.14. The summed E-state index contributed by atoms with van der Waals surface area (Å²) in [5.74, 6) is 0. The van der Waals surface area contributed by atoms with E-state index in [-0.39, 0.29) is 10.8 Å². The highest BCUT2D eigenvalue weighted by Gasteiger charge is 2.23. The van der Waals surface area contributed by atoms with Crippen molar-refractivity contribution in [1.29, 1.82) is 0 Å². The van der Waals surface area contributed by atoms with Gasteiger partial charge in [0.2, 0.25) is 0 Å². The zero-order valence-corrected chi connectivity index (χ0v) is 29.6. The van der Waals surface area contributed by atoms with Crippen LogP contribution in [0.5, 0.6) is 0 Å². The van der Waals surface area contributed by atoms with Gasteiger partial charge in [-0.2, -0.15) is 0 Å². The monoisotopic (exact) mass is 635 g/mol. The van der Waals surface area contributed by atoms with Gasteiger partial charge in [-0.25, -0.2) is 0 Å². The van der Waals surface area contributed by atoms with Crippen molar-refractivity contribution in [2.24, 2.45) is 0 Å². The minimum absolute atomic E-state index is 0.0825. The Morgan fingerprint density at radius 3 is 1.76 bits per heavy atom. The van der Waals surface area contributed by atoms with Crippen molar-refractivity contribution < 1.29 is 0 Å². The van der Waals surface area contributed by atoms with Crippen molar-refractivity contribution in [1.82, 2.24) is 0 Å². The van der Waals surface area contributed by atoms with Gasteiger partial charge in [0, 0.05) is 16.8 Å². The Kier molecular flexibility index (Phi) is 7.49. The molecule has 8 rings (SSSR count). The molecule has 49 heavy (non-hydrogen) atoms. The topological polar surface area (TPSA) is 3.24 Å². The van der Waals surface area contributed by atoms with Crippen LogP contribution < -0.4 is 4.90 Å². The summed E-state index contributed by atoms with van der Waals surface area (Å²) in [7, 11) is 0. The number of benzene rings is 7. The summed E-state index contributed by atoms with van der Waals surface area (Å²) in [5, 5.41) is 7.73. The zero-order chi connectivity index (χ0) is 33.9. The molecule has 242 valence electrons. The molecule has 0 saturated heterocycles. The van der Waals surface area contributed by atoms with Crippen molar-refractivity contribution in [2.45, 2.75) is 65.2 Å². The van der Waals surface area contributed by atoms with E-state index in [1.807, 2.05) is 0 Å². The molecule has 1 aliphatic carbocycles. The molecular weight excluding hydrogens is 591 g/mol. The van der Waals surface area contributed by atoms with Crippen molar-refractivity contribution in [2.75, 3.05) is 4.90 Å². The van der Waals surface area contributed by atoms with Gasteiger partial charge in [0.05, 0.1) is 5.69 Å². The molecule has 0 N–H and O–H groups in total. The van der Waals surface area contributed by atoms with Crippen LogP contribution in [0.15, 0.2) is 133 Å². The predicted octanol–water partition coefficient (Wildman–Crippen LogP) is 13.8. The number of rotatable bonds is 4. The maximum Gasteiger partial charge on any atom is 0.0546 e. The van der Waals surface area contributed by atoms with Crippen LogP contribution in [0.25, 0.3) is 49.5 Å². The summed E-state index contributed by atoms with van der Waals surface area (Å²) < 4.78 is 0. The molecule has 1 aliphatic rings. The van der Waals surface area contributed by atoms with Crippen LogP contribution in [0.4, 0.5) is 17.1 Å². The van der Waals surface area contributed by atoms with Crippen molar-refractivity contribution in [3.63, 3.8) is 0 Å². The van der Waals surface area contributed by atoms with E-state index in [2.05, 4.69) is 186 Å². The molecule has 0 atom stereocenters. The first kappa shape index (κ1) is 31.1. The summed E-state index contributed by atoms with van der Waals surface area (Å²) in [6.45, 7) is 13.7. The van der Waals surface area contributed by atoms with Crippen molar-refractivity contribution in [3.8, 4) is 11.1 Å². The van der Waals surface area contributed by atoms with Gasteiger partial charge in [0.1, 0.15) is 0 Å². The van der Waals surface area contributed by atoms with Crippen LogP contribution in [0.3, 0.4) is 0 Å². The lowest BCUT2D eigenvalue weighted by molar-refractivity contribution is 0.590. The van der Waals surface area contributed by atoms with Crippen LogP contribution >= 0.6 is 0 Å². The van der Waals surface area contributed by atoms with Gasteiger partial charge in [-0.3, -0.25) is 0 Å². The Morgan fingerprint density at radius 2 is 1.12 bits per heavy atom. The molecule has 7 aromatic rings. The minimum atomic E-state index is 0.0825. The van der Waals surface area contributed by atoms with Crippen LogP contribution in [0.1, 0.15) is 70.2 Å². The van der Waals surface area contributed by atoms with Gasteiger partial charge in [0.25, 0.3) is 0 Å². The van der Waals surface area contributed by atoms with Gasteiger partial charge in [0.15, 0.2) is 0 Å². The standard InChI is InChI=1S/C48H45N/c1-47(2,3)36-21-25-38(26-22-36)49(39-27-23-37(24-28-39)48(4,5)6)45-31-35-30-44(34-20-19-32-13-7-8-14-33(32)29-34)40-15-9-11-17-42(40)46(35)43-18-12-10-16-41(43)45/h7-8,10-14,16-31H,9,15H2,1-6H3. The van der Waals surface area contributed by atoms with E-state index in [4.69, 9.17) is 0 Å². The number of nitrogens with zero attached hydrogens (tertiary/aromatic N) is 1. The molecule has 0 unspecified atom stereocenters.